The average Bonchev–Trinajstić information content (AvgIpc) is 2.65. The van der Waals surface area contributed by atoms with Crippen LogP contribution in [0.15, 0.2) is 0 Å². The van der Waals surface area contributed by atoms with Crippen molar-refractivity contribution < 1.29 is 14.3 Å². The monoisotopic (exact) mass is 258 g/mol. The van der Waals surface area contributed by atoms with E-state index in [9.17, 15) is 9.59 Å². The van der Waals surface area contributed by atoms with Gasteiger partial charge in [0.2, 0.25) is 5.91 Å². The van der Waals surface area contributed by atoms with Crippen LogP contribution in [0.4, 0.5) is 10.8 Å². The number of anilines is 2. The number of rotatable bonds is 5. The van der Waals surface area contributed by atoms with Gasteiger partial charge < -0.3 is 21.1 Å². The number of amides is 1. The van der Waals surface area contributed by atoms with Gasteiger partial charge in [-0.2, -0.15) is 4.37 Å². The number of carbonyl (C=O) groups excluding carboxylic acids is 2. The van der Waals surface area contributed by atoms with Crippen LogP contribution in [-0.2, 0) is 9.53 Å². The van der Waals surface area contributed by atoms with Crippen molar-refractivity contribution in [2.75, 3.05) is 31.2 Å². The fraction of sp³-hybridized carbons (Fsp3) is 0.444. The fourth-order valence-electron chi connectivity index (χ4n) is 1.14. The lowest BCUT2D eigenvalue weighted by molar-refractivity contribution is -0.118. The van der Waals surface area contributed by atoms with E-state index in [1.165, 1.54) is 14.0 Å². The van der Waals surface area contributed by atoms with Crippen molar-refractivity contribution >= 4 is 34.2 Å². The molecule has 4 N–H and O–H groups in total. The number of nitrogens with two attached hydrogens (primary N) is 1. The van der Waals surface area contributed by atoms with Crippen molar-refractivity contribution in [3.8, 4) is 0 Å². The molecular formula is C9H14N4O3S. The second kappa shape index (κ2) is 6.04. The summed E-state index contributed by atoms with van der Waals surface area (Å²) in [7, 11) is 1.28. The van der Waals surface area contributed by atoms with Crippen molar-refractivity contribution in [2.24, 2.45) is 0 Å². The third-order valence-corrected chi connectivity index (χ3v) is 2.71. The standard InChI is InChI=1S/C9H14N4O3S/c1-5(14)11-3-4-12-8-6(9(15)16-2)7(10)13-17-8/h12H,3-4H2,1-2H3,(H2,10,13)(H,11,14). The number of nitrogen functional groups attached to an aromatic ring is 1. The van der Waals surface area contributed by atoms with E-state index >= 15 is 0 Å². The zero-order valence-electron chi connectivity index (χ0n) is 9.57. The second-order valence-corrected chi connectivity index (χ2v) is 3.95. The summed E-state index contributed by atoms with van der Waals surface area (Å²) in [5.41, 5.74) is 5.80. The number of hydrogen-bond acceptors (Lipinski definition) is 7. The number of nitrogens with zero attached hydrogens (tertiary/aromatic N) is 1. The Bertz CT molecular complexity index is 418. The first kappa shape index (κ1) is 13.2. The molecule has 0 spiro atoms. The fourth-order valence-corrected chi connectivity index (χ4v) is 1.86. The molecule has 0 unspecified atom stereocenters. The van der Waals surface area contributed by atoms with E-state index in [-0.39, 0.29) is 17.3 Å². The van der Waals surface area contributed by atoms with E-state index in [0.717, 1.165) is 11.5 Å². The van der Waals surface area contributed by atoms with Gasteiger partial charge in [0.15, 0.2) is 5.82 Å². The predicted octanol–water partition coefficient (Wildman–Crippen LogP) is 0.0599. The van der Waals surface area contributed by atoms with Crippen molar-refractivity contribution in [3.05, 3.63) is 5.56 Å². The number of ether oxygens (including phenoxy) is 1. The number of methoxy groups -OCH3 is 1. The smallest absolute Gasteiger partial charge is 0.344 e. The number of nitrogens with one attached hydrogen (secondary N) is 2. The largest absolute Gasteiger partial charge is 0.465 e. The summed E-state index contributed by atoms with van der Waals surface area (Å²) in [6.07, 6.45) is 0. The van der Waals surface area contributed by atoms with Gasteiger partial charge >= 0.3 is 5.97 Å². The van der Waals surface area contributed by atoms with Gasteiger partial charge in [-0.25, -0.2) is 4.79 Å². The molecule has 1 rings (SSSR count). The predicted molar refractivity (Wildman–Crippen MR) is 65.0 cm³/mol. The lowest BCUT2D eigenvalue weighted by Crippen LogP contribution is -2.26. The highest BCUT2D eigenvalue weighted by atomic mass is 32.1. The van der Waals surface area contributed by atoms with Gasteiger partial charge in [-0.05, 0) is 11.5 Å². The minimum absolute atomic E-state index is 0.108. The maximum atomic E-state index is 11.4. The van der Waals surface area contributed by atoms with E-state index in [4.69, 9.17) is 5.73 Å². The van der Waals surface area contributed by atoms with E-state index in [1.807, 2.05) is 0 Å². The molecule has 0 aliphatic heterocycles. The van der Waals surface area contributed by atoms with Gasteiger partial charge in [-0.15, -0.1) is 0 Å². The first-order valence-corrected chi connectivity index (χ1v) is 5.65. The molecule has 1 amide bonds. The molecule has 1 heterocycles. The van der Waals surface area contributed by atoms with E-state index in [0.29, 0.717) is 18.1 Å². The van der Waals surface area contributed by atoms with E-state index < -0.39 is 5.97 Å². The Hall–Kier alpha value is -1.83. The Balaban J connectivity index is 2.59. The quantitative estimate of drug-likeness (QED) is 0.509. The molecule has 94 valence electrons. The van der Waals surface area contributed by atoms with Gasteiger partial charge in [0.05, 0.1) is 7.11 Å². The molecule has 8 heteroatoms. The molecule has 1 aromatic rings. The zero-order chi connectivity index (χ0) is 12.8. The Morgan fingerprint density at radius 2 is 2.18 bits per heavy atom. The van der Waals surface area contributed by atoms with Crippen LogP contribution in [0.25, 0.3) is 0 Å². The summed E-state index contributed by atoms with van der Waals surface area (Å²) >= 11 is 1.08. The van der Waals surface area contributed by atoms with Crippen LogP contribution in [0, 0.1) is 0 Å². The summed E-state index contributed by atoms with van der Waals surface area (Å²) in [4.78, 5) is 22.0. The van der Waals surface area contributed by atoms with Crippen LogP contribution in [0.5, 0.6) is 0 Å². The van der Waals surface area contributed by atoms with Crippen molar-refractivity contribution in [2.45, 2.75) is 6.92 Å². The van der Waals surface area contributed by atoms with Crippen molar-refractivity contribution in [1.29, 1.82) is 0 Å². The summed E-state index contributed by atoms with van der Waals surface area (Å²) in [6, 6.07) is 0. The maximum Gasteiger partial charge on any atom is 0.344 e. The van der Waals surface area contributed by atoms with Crippen LogP contribution >= 0.6 is 11.5 Å². The Morgan fingerprint density at radius 3 is 2.76 bits per heavy atom. The van der Waals surface area contributed by atoms with Crippen molar-refractivity contribution in [3.63, 3.8) is 0 Å². The maximum absolute atomic E-state index is 11.4. The topological polar surface area (TPSA) is 106 Å². The zero-order valence-corrected chi connectivity index (χ0v) is 10.4. The molecule has 1 aromatic heterocycles. The minimum Gasteiger partial charge on any atom is -0.465 e. The third-order valence-electron chi connectivity index (χ3n) is 1.89. The average molecular weight is 258 g/mol. The minimum atomic E-state index is -0.529. The van der Waals surface area contributed by atoms with Gasteiger partial charge in [-0.1, -0.05) is 0 Å². The number of hydrogen-bond donors (Lipinski definition) is 3. The first-order valence-electron chi connectivity index (χ1n) is 4.88. The van der Waals surface area contributed by atoms with E-state index in [1.54, 1.807) is 0 Å². The van der Waals surface area contributed by atoms with Gasteiger partial charge in [0.1, 0.15) is 10.6 Å². The van der Waals surface area contributed by atoms with Gasteiger partial charge in [0.25, 0.3) is 0 Å². The molecular weight excluding hydrogens is 244 g/mol. The Morgan fingerprint density at radius 1 is 1.47 bits per heavy atom. The number of aromatic nitrogens is 1. The lowest BCUT2D eigenvalue weighted by Gasteiger charge is -2.06. The molecule has 7 nitrogen and oxygen atoms in total. The summed E-state index contributed by atoms with van der Waals surface area (Å²) in [5.74, 6) is -0.494. The van der Waals surface area contributed by atoms with Crippen LogP contribution in [0.1, 0.15) is 17.3 Å². The summed E-state index contributed by atoms with van der Waals surface area (Å²) in [6.45, 7) is 2.36. The Labute approximate surface area is 102 Å². The Kier molecular flexibility index (Phi) is 4.70. The highest BCUT2D eigenvalue weighted by Gasteiger charge is 2.19. The molecule has 0 aliphatic carbocycles. The number of esters is 1. The molecule has 0 fully saturated rings. The van der Waals surface area contributed by atoms with Gasteiger partial charge in [-0.3, -0.25) is 4.79 Å². The summed E-state index contributed by atoms with van der Waals surface area (Å²) in [5, 5.41) is 6.13. The molecule has 0 aliphatic rings. The molecule has 0 atom stereocenters. The van der Waals surface area contributed by atoms with Crippen LogP contribution in [0.2, 0.25) is 0 Å². The third kappa shape index (κ3) is 3.59. The van der Waals surface area contributed by atoms with Crippen LogP contribution in [0.3, 0.4) is 0 Å². The summed E-state index contributed by atoms with van der Waals surface area (Å²) < 4.78 is 8.47. The first-order chi connectivity index (χ1) is 8.06. The molecule has 17 heavy (non-hydrogen) atoms. The SMILES string of the molecule is COC(=O)c1c(N)nsc1NCCNC(C)=O. The number of carbonyl (C=O) groups is 2. The lowest BCUT2D eigenvalue weighted by atomic mass is 10.3. The highest BCUT2D eigenvalue weighted by Crippen LogP contribution is 2.26. The molecule has 0 bridgehead atoms. The van der Waals surface area contributed by atoms with Crippen LogP contribution < -0.4 is 16.4 Å². The molecule has 0 saturated heterocycles. The van der Waals surface area contributed by atoms with Gasteiger partial charge in [0, 0.05) is 20.0 Å². The van der Waals surface area contributed by atoms with Crippen molar-refractivity contribution in [1.82, 2.24) is 9.69 Å². The van der Waals surface area contributed by atoms with E-state index in [2.05, 4.69) is 19.7 Å². The normalized spacial score (nSPS) is 9.76. The second-order valence-electron chi connectivity index (χ2n) is 3.17. The molecule has 0 aromatic carbocycles. The highest BCUT2D eigenvalue weighted by molar-refractivity contribution is 7.11. The molecule has 0 radical (unpaired) electrons. The molecule has 0 saturated carbocycles. The van der Waals surface area contributed by atoms with Crippen LogP contribution in [-0.4, -0.2) is 36.4 Å².